The van der Waals surface area contributed by atoms with Crippen LogP contribution in [-0.4, -0.2) is 8.32 Å². The number of fused-ring (bicyclic) bond motifs is 3. The van der Waals surface area contributed by atoms with Crippen molar-refractivity contribution in [3.05, 3.63) is 205 Å². The van der Waals surface area contributed by atoms with Crippen LogP contribution in [0.25, 0.3) is 39.0 Å². The molecule has 2 aliphatic rings. The maximum atomic E-state index is 7.31. The van der Waals surface area contributed by atoms with E-state index in [9.17, 15) is 0 Å². The van der Waals surface area contributed by atoms with Crippen molar-refractivity contribution in [2.45, 2.75) is 25.8 Å². The fourth-order valence-corrected chi connectivity index (χ4v) is 12.0. The molecule has 8 rings (SSSR count). The standard InChI is InChI=1S/C48H40OSi/c1-48(2,3)50(41-21-13-7-14-22-41,42-23-15-8-16-24-42)49-40-29-25-36(26-30-40)39-28-32-44-43-31-27-38(35-17-11-6-12-18-35)33-45(43)47(46(44)34-39)37-19-9-4-5-10-20-37/h4-34H,1-3H3. The predicted molar refractivity (Wildman–Crippen MR) is 214 cm³/mol. The molecule has 0 spiro atoms. The molecule has 0 saturated carbocycles. The zero-order valence-corrected chi connectivity index (χ0v) is 29.8. The van der Waals surface area contributed by atoms with Gasteiger partial charge < -0.3 is 4.43 Å². The molecule has 0 radical (unpaired) electrons. The molecule has 0 N–H and O–H groups in total. The van der Waals surface area contributed by atoms with Gasteiger partial charge in [0.15, 0.2) is 0 Å². The Morgan fingerprint density at radius 2 is 0.860 bits per heavy atom. The van der Waals surface area contributed by atoms with Crippen LogP contribution in [0.3, 0.4) is 0 Å². The van der Waals surface area contributed by atoms with Gasteiger partial charge in [-0.15, -0.1) is 0 Å². The molecule has 6 aromatic rings. The summed E-state index contributed by atoms with van der Waals surface area (Å²) in [7, 11) is -2.72. The number of hydrogen-bond donors (Lipinski definition) is 0. The topological polar surface area (TPSA) is 9.23 Å². The molecule has 2 aliphatic carbocycles. The highest BCUT2D eigenvalue weighted by atomic mass is 28.4. The quantitative estimate of drug-likeness (QED) is 0.161. The Labute approximate surface area is 297 Å². The number of allylic oxidation sites excluding steroid dienone is 7. The Balaban J connectivity index is 1.19. The van der Waals surface area contributed by atoms with Crippen LogP contribution in [0.1, 0.15) is 31.9 Å². The first-order valence-electron chi connectivity index (χ1n) is 17.4. The average molecular weight is 661 g/mol. The normalized spacial score (nSPS) is 13.6. The molecule has 1 nitrogen and oxygen atoms in total. The van der Waals surface area contributed by atoms with E-state index in [1.807, 2.05) is 0 Å². The van der Waals surface area contributed by atoms with Gasteiger partial charge in [-0.25, -0.2) is 0 Å². The molecule has 6 aromatic carbocycles. The number of rotatable bonds is 6. The molecule has 0 aliphatic heterocycles. The minimum atomic E-state index is -2.72. The second-order valence-corrected chi connectivity index (χ2v) is 18.3. The molecule has 0 bridgehead atoms. The second kappa shape index (κ2) is 13.0. The highest BCUT2D eigenvalue weighted by Gasteiger charge is 2.52. The van der Waals surface area contributed by atoms with E-state index in [1.165, 1.54) is 66.0 Å². The lowest BCUT2D eigenvalue weighted by atomic mass is 9.93. The van der Waals surface area contributed by atoms with Crippen molar-refractivity contribution in [1.82, 2.24) is 0 Å². The van der Waals surface area contributed by atoms with Crippen LogP contribution in [0, 0.1) is 0 Å². The van der Waals surface area contributed by atoms with E-state index in [0.29, 0.717) is 0 Å². The fraction of sp³-hybridized carbons (Fsp3) is 0.0833. The molecule has 50 heavy (non-hydrogen) atoms. The molecular formula is C48H40OSi. The van der Waals surface area contributed by atoms with Gasteiger partial charge in [-0.2, -0.15) is 0 Å². The zero-order valence-electron chi connectivity index (χ0n) is 28.8. The third-order valence-electron chi connectivity index (χ3n) is 10.0. The Kier molecular flexibility index (Phi) is 8.18. The molecule has 0 unspecified atom stereocenters. The van der Waals surface area contributed by atoms with Crippen LogP contribution in [-0.2, 0) is 0 Å². The van der Waals surface area contributed by atoms with Gasteiger partial charge in [-0.3, -0.25) is 0 Å². The Morgan fingerprint density at radius 1 is 0.420 bits per heavy atom. The van der Waals surface area contributed by atoms with Crippen molar-refractivity contribution in [1.29, 1.82) is 0 Å². The Bertz CT molecular complexity index is 2230. The minimum absolute atomic E-state index is 0.107. The lowest BCUT2D eigenvalue weighted by Gasteiger charge is -2.43. The molecule has 0 heterocycles. The first-order chi connectivity index (χ1) is 24.4. The first-order valence-corrected chi connectivity index (χ1v) is 19.3. The van der Waals surface area contributed by atoms with Gasteiger partial charge in [0.1, 0.15) is 5.75 Å². The molecule has 2 heteroatoms. The first kappa shape index (κ1) is 31.6. The summed E-state index contributed by atoms with van der Waals surface area (Å²) < 4.78 is 7.31. The van der Waals surface area contributed by atoms with E-state index >= 15 is 0 Å². The smallest absolute Gasteiger partial charge is 0.319 e. The zero-order chi connectivity index (χ0) is 34.1. The van der Waals surface area contributed by atoms with Crippen LogP contribution in [0.15, 0.2) is 194 Å². The summed E-state index contributed by atoms with van der Waals surface area (Å²) in [5, 5.41) is 2.44. The molecular weight excluding hydrogens is 621 g/mol. The van der Waals surface area contributed by atoms with E-state index < -0.39 is 8.32 Å². The average Bonchev–Trinajstić information content (AvgIpc) is 3.26. The SMILES string of the molecule is CC(C)(C)[Si](Oc1ccc(-c2ccc3c(c2)C(=C2C=CC=CC=C2)c2cc(-c4ccccc4)ccc2-3)cc1)(c1ccccc1)c1ccccc1. The summed E-state index contributed by atoms with van der Waals surface area (Å²) in [6.45, 7) is 6.96. The van der Waals surface area contributed by atoms with Crippen molar-refractivity contribution in [3.8, 4) is 39.1 Å². The second-order valence-electron chi connectivity index (χ2n) is 14.1. The van der Waals surface area contributed by atoms with Crippen molar-refractivity contribution < 1.29 is 4.43 Å². The summed E-state index contributed by atoms with van der Waals surface area (Å²) in [5.41, 5.74) is 12.4. The molecule has 0 atom stereocenters. The third-order valence-corrected chi connectivity index (χ3v) is 15.0. The van der Waals surface area contributed by atoms with E-state index in [0.717, 1.165) is 5.75 Å². The van der Waals surface area contributed by atoms with E-state index in [2.05, 4.69) is 209 Å². The van der Waals surface area contributed by atoms with E-state index in [4.69, 9.17) is 4.43 Å². The monoisotopic (exact) mass is 660 g/mol. The summed E-state index contributed by atoms with van der Waals surface area (Å²) in [4.78, 5) is 0. The van der Waals surface area contributed by atoms with Crippen LogP contribution in [0.2, 0.25) is 5.04 Å². The summed E-state index contributed by atoms with van der Waals surface area (Å²) in [6, 6.07) is 54.9. The minimum Gasteiger partial charge on any atom is -0.534 e. The molecule has 0 amide bonds. The van der Waals surface area contributed by atoms with Crippen LogP contribution in [0.5, 0.6) is 5.75 Å². The van der Waals surface area contributed by atoms with Gasteiger partial charge >= 0.3 is 8.32 Å². The molecule has 0 aromatic heterocycles. The Hall–Kier alpha value is -5.70. The van der Waals surface area contributed by atoms with Gasteiger partial charge in [0.25, 0.3) is 0 Å². The van der Waals surface area contributed by atoms with Gasteiger partial charge in [0.05, 0.1) is 0 Å². The fourth-order valence-electron chi connectivity index (χ4n) is 7.63. The lowest BCUT2D eigenvalue weighted by molar-refractivity contribution is 0.508. The number of hydrogen-bond acceptors (Lipinski definition) is 1. The highest BCUT2D eigenvalue weighted by Crippen LogP contribution is 2.49. The number of benzene rings is 6. The summed E-state index contributed by atoms with van der Waals surface area (Å²) in [5.74, 6) is 0.897. The highest BCUT2D eigenvalue weighted by molar-refractivity contribution is 7.00. The molecule has 242 valence electrons. The van der Waals surface area contributed by atoms with Crippen LogP contribution in [0.4, 0.5) is 0 Å². The lowest BCUT2D eigenvalue weighted by Crippen LogP contribution is -2.68. The van der Waals surface area contributed by atoms with E-state index in [-0.39, 0.29) is 5.04 Å². The Morgan fingerprint density at radius 3 is 1.34 bits per heavy atom. The van der Waals surface area contributed by atoms with Crippen molar-refractivity contribution in [2.24, 2.45) is 0 Å². The van der Waals surface area contributed by atoms with Gasteiger partial charge in [-0.05, 0) is 95.3 Å². The largest absolute Gasteiger partial charge is 0.534 e. The van der Waals surface area contributed by atoms with Crippen LogP contribution < -0.4 is 14.8 Å². The van der Waals surface area contributed by atoms with E-state index in [1.54, 1.807) is 0 Å². The van der Waals surface area contributed by atoms with Gasteiger partial charge in [0.2, 0.25) is 0 Å². The summed E-state index contributed by atoms with van der Waals surface area (Å²) >= 11 is 0. The molecule has 0 fully saturated rings. The van der Waals surface area contributed by atoms with Crippen molar-refractivity contribution in [2.75, 3.05) is 0 Å². The van der Waals surface area contributed by atoms with Gasteiger partial charge in [-0.1, -0.05) is 185 Å². The maximum Gasteiger partial charge on any atom is 0.319 e. The predicted octanol–water partition coefficient (Wildman–Crippen LogP) is 11.4. The maximum absolute atomic E-state index is 7.31. The third kappa shape index (κ3) is 5.62. The van der Waals surface area contributed by atoms with Crippen molar-refractivity contribution >= 4 is 24.3 Å². The van der Waals surface area contributed by atoms with Crippen molar-refractivity contribution in [3.63, 3.8) is 0 Å². The summed E-state index contributed by atoms with van der Waals surface area (Å²) in [6.07, 6.45) is 12.9. The van der Waals surface area contributed by atoms with Gasteiger partial charge in [0, 0.05) is 0 Å². The molecule has 0 saturated heterocycles. The van der Waals surface area contributed by atoms with Crippen LogP contribution >= 0.6 is 0 Å².